The topological polar surface area (TPSA) is 32.3 Å². The third-order valence-corrected chi connectivity index (χ3v) is 6.62. The highest BCUT2D eigenvalue weighted by Crippen LogP contribution is 2.47. The van der Waals surface area contributed by atoms with E-state index in [1.807, 2.05) is 11.8 Å². The maximum Gasteiger partial charge on any atom is 0.244 e. The second kappa shape index (κ2) is 4.66. The minimum Gasteiger partial charge on any atom is -0.324 e. The highest BCUT2D eigenvalue weighted by atomic mass is 32.2. The maximum atomic E-state index is 12.7. The lowest BCUT2D eigenvalue weighted by Gasteiger charge is -2.36. The first-order valence-corrected chi connectivity index (χ1v) is 8.88. The van der Waals surface area contributed by atoms with Gasteiger partial charge in [-0.1, -0.05) is 26.7 Å². The van der Waals surface area contributed by atoms with E-state index in [0.717, 1.165) is 19.4 Å². The van der Waals surface area contributed by atoms with E-state index in [-0.39, 0.29) is 11.7 Å². The molecular weight excluding hydrogens is 256 g/mol. The van der Waals surface area contributed by atoms with E-state index in [1.165, 1.54) is 25.7 Å². The van der Waals surface area contributed by atoms with Crippen molar-refractivity contribution in [2.24, 2.45) is 5.92 Å². The molecule has 1 aliphatic heterocycles. The van der Waals surface area contributed by atoms with Gasteiger partial charge in [-0.2, -0.15) is 11.8 Å². The average Bonchev–Trinajstić information content (AvgIpc) is 2.94. The summed E-state index contributed by atoms with van der Waals surface area (Å²) in [5.41, 5.74) is -0.160. The van der Waals surface area contributed by atoms with Crippen molar-refractivity contribution >= 4 is 17.7 Å². The zero-order valence-electron chi connectivity index (χ0n) is 12.4. The third kappa shape index (κ3) is 2.21. The smallest absolute Gasteiger partial charge is 0.244 e. The van der Waals surface area contributed by atoms with Crippen molar-refractivity contribution in [1.82, 2.24) is 10.2 Å². The average molecular weight is 282 g/mol. The number of rotatable bonds is 4. The predicted molar refractivity (Wildman–Crippen MR) is 80.2 cm³/mol. The Morgan fingerprint density at radius 2 is 1.95 bits per heavy atom. The third-order valence-electron chi connectivity index (χ3n) is 5.22. The number of carbonyl (C=O) groups excluding carboxylic acids is 1. The molecule has 108 valence electrons. The molecule has 2 saturated carbocycles. The van der Waals surface area contributed by atoms with Gasteiger partial charge in [0.15, 0.2) is 0 Å². The molecule has 3 aliphatic rings. The van der Waals surface area contributed by atoms with Crippen LogP contribution in [0.15, 0.2) is 0 Å². The molecule has 1 amide bonds. The molecule has 3 rings (SSSR count). The lowest BCUT2D eigenvalue weighted by molar-refractivity contribution is -0.131. The number of nitrogens with one attached hydrogen (secondary N) is 1. The molecule has 1 atom stereocenters. The molecule has 1 unspecified atom stereocenters. The lowest BCUT2D eigenvalue weighted by atomic mass is 10.0. The van der Waals surface area contributed by atoms with Crippen molar-refractivity contribution in [2.75, 3.05) is 12.8 Å². The highest BCUT2D eigenvalue weighted by molar-refractivity contribution is 8.00. The molecule has 0 aromatic heterocycles. The van der Waals surface area contributed by atoms with Gasteiger partial charge in [0, 0.05) is 11.3 Å². The van der Waals surface area contributed by atoms with Gasteiger partial charge in [-0.25, -0.2) is 0 Å². The minimum absolute atomic E-state index is 0.160. The van der Waals surface area contributed by atoms with E-state index >= 15 is 0 Å². The molecule has 0 aromatic rings. The molecule has 1 spiro atoms. The summed E-state index contributed by atoms with van der Waals surface area (Å²) in [4.78, 5) is 14.9. The van der Waals surface area contributed by atoms with Gasteiger partial charge in [-0.15, -0.1) is 0 Å². The van der Waals surface area contributed by atoms with Gasteiger partial charge in [0.25, 0.3) is 0 Å². The highest BCUT2D eigenvalue weighted by Gasteiger charge is 2.60. The second-order valence-electron chi connectivity index (χ2n) is 6.94. The molecule has 3 fully saturated rings. The van der Waals surface area contributed by atoms with Gasteiger partial charge < -0.3 is 4.90 Å². The first-order chi connectivity index (χ1) is 9.02. The van der Waals surface area contributed by atoms with Crippen molar-refractivity contribution in [3.63, 3.8) is 0 Å². The summed E-state index contributed by atoms with van der Waals surface area (Å²) in [5, 5.41) is 3.62. The van der Waals surface area contributed by atoms with E-state index < -0.39 is 0 Å². The van der Waals surface area contributed by atoms with E-state index in [4.69, 9.17) is 0 Å². The minimum atomic E-state index is -0.160. The number of hydrogen-bond donors (Lipinski definition) is 1. The molecule has 1 N–H and O–H groups in total. The Balaban J connectivity index is 1.79. The second-order valence-corrected chi connectivity index (χ2v) is 8.22. The largest absolute Gasteiger partial charge is 0.324 e. The molecule has 0 bridgehead atoms. The number of amides is 1. The van der Waals surface area contributed by atoms with Gasteiger partial charge in [-0.05, 0) is 37.9 Å². The van der Waals surface area contributed by atoms with Crippen LogP contribution in [-0.4, -0.2) is 40.1 Å². The van der Waals surface area contributed by atoms with Crippen molar-refractivity contribution in [1.29, 1.82) is 0 Å². The van der Waals surface area contributed by atoms with Crippen LogP contribution in [0.3, 0.4) is 0 Å². The van der Waals surface area contributed by atoms with Crippen LogP contribution < -0.4 is 5.32 Å². The zero-order valence-corrected chi connectivity index (χ0v) is 13.2. The molecule has 0 aromatic carbocycles. The van der Waals surface area contributed by atoms with E-state index in [0.29, 0.717) is 16.6 Å². The molecule has 19 heavy (non-hydrogen) atoms. The van der Waals surface area contributed by atoms with Gasteiger partial charge in [0.2, 0.25) is 5.91 Å². The van der Waals surface area contributed by atoms with E-state index in [2.05, 4.69) is 30.3 Å². The quantitative estimate of drug-likeness (QED) is 0.860. The summed E-state index contributed by atoms with van der Waals surface area (Å²) in [5.74, 6) is 0.871. The fraction of sp³-hybridized carbons (Fsp3) is 0.933. The van der Waals surface area contributed by atoms with E-state index in [9.17, 15) is 4.79 Å². The fourth-order valence-electron chi connectivity index (χ4n) is 3.76. The first-order valence-electron chi connectivity index (χ1n) is 7.66. The molecule has 2 aliphatic carbocycles. The fourth-order valence-corrected chi connectivity index (χ4v) is 4.73. The van der Waals surface area contributed by atoms with Crippen LogP contribution in [0.25, 0.3) is 0 Å². The summed E-state index contributed by atoms with van der Waals surface area (Å²) in [6.45, 7) is 5.39. The molecule has 1 saturated heterocycles. The Labute approximate surface area is 120 Å². The number of nitrogens with zero attached hydrogens (tertiary/aromatic N) is 1. The van der Waals surface area contributed by atoms with Crippen LogP contribution >= 0.6 is 11.8 Å². The SMILES string of the molecule is CSC1(CN2C(=O)C3(CC3)NC2C(C)C)CCCC1. The van der Waals surface area contributed by atoms with Crippen molar-refractivity contribution in [3.05, 3.63) is 0 Å². The van der Waals surface area contributed by atoms with Crippen LogP contribution in [0, 0.1) is 5.92 Å². The Kier molecular flexibility index (Phi) is 3.37. The normalized spacial score (nSPS) is 31.7. The van der Waals surface area contributed by atoms with Gasteiger partial charge in [0.1, 0.15) is 0 Å². The Morgan fingerprint density at radius 3 is 2.42 bits per heavy atom. The molecular formula is C15H26N2OS. The van der Waals surface area contributed by atoms with Crippen molar-refractivity contribution in [2.45, 2.75) is 68.8 Å². The molecule has 4 heteroatoms. The summed E-state index contributed by atoms with van der Waals surface area (Å²) >= 11 is 1.98. The summed E-state index contributed by atoms with van der Waals surface area (Å²) in [7, 11) is 0. The molecule has 3 nitrogen and oxygen atoms in total. The van der Waals surface area contributed by atoms with Crippen molar-refractivity contribution in [3.8, 4) is 0 Å². The molecule has 0 radical (unpaired) electrons. The van der Waals surface area contributed by atoms with Gasteiger partial charge in [-0.3, -0.25) is 10.1 Å². The summed E-state index contributed by atoms with van der Waals surface area (Å²) in [6.07, 6.45) is 9.75. The summed E-state index contributed by atoms with van der Waals surface area (Å²) in [6, 6.07) is 0. The Morgan fingerprint density at radius 1 is 1.32 bits per heavy atom. The van der Waals surface area contributed by atoms with Crippen LogP contribution in [0.4, 0.5) is 0 Å². The first kappa shape index (κ1) is 13.7. The standard InChI is InChI=1S/C15H26N2OS/c1-11(2)12-16-15(8-9-15)13(18)17(12)10-14(19-3)6-4-5-7-14/h11-12,16H,4-10H2,1-3H3. The van der Waals surface area contributed by atoms with Crippen LogP contribution in [0.1, 0.15) is 52.4 Å². The van der Waals surface area contributed by atoms with Crippen LogP contribution in [0.2, 0.25) is 0 Å². The predicted octanol–water partition coefficient (Wildman–Crippen LogP) is 2.61. The van der Waals surface area contributed by atoms with Crippen LogP contribution in [-0.2, 0) is 4.79 Å². The van der Waals surface area contributed by atoms with Crippen molar-refractivity contribution < 1.29 is 4.79 Å². The number of thioether (sulfide) groups is 1. The maximum absolute atomic E-state index is 12.7. The summed E-state index contributed by atoms with van der Waals surface area (Å²) < 4.78 is 0.324. The van der Waals surface area contributed by atoms with Gasteiger partial charge in [0.05, 0.1) is 11.7 Å². The molecule has 1 heterocycles. The number of hydrogen-bond acceptors (Lipinski definition) is 3. The lowest BCUT2D eigenvalue weighted by Crippen LogP contribution is -2.47. The monoisotopic (exact) mass is 282 g/mol. The van der Waals surface area contributed by atoms with Gasteiger partial charge >= 0.3 is 0 Å². The Hall–Kier alpha value is -0.220. The zero-order chi connectivity index (χ0) is 13.7. The van der Waals surface area contributed by atoms with E-state index in [1.54, 1.807) is 0 Å². The van der Waals surface area contributed by atoms with Crippen LogP contribution in [0.5, 0.6) is 0 Å². The Bertz CT molecular complexity index is 372. The number of carbonyl (C=O) groups is 1.